The molecule has 0 saturated carbocycles. The minimum Gasteiger partial charge on any atom is -0.350 e. The monoisotopic (exact) mass is 242 g/mol. The van der Waals surface area contributed by atoms with Crippen LogP contribution < -0.4 is 11.1 Å². The van der Waals surface area contributed by atoms with E-state index in [9.17, 15) is 13.6 Å². The summed E-state index contributed by atoms with van der Waals surface area (Å²) in [4.78, 5) is 11.6. The van der Waals surface area contributed by atoms with Gasteiger partial charge in [-0.2, -0.15) is 0 Å². The highest BCUT2D eigenvalue weighted by atomic mass is 19.1. The van der Waals surface area contributed by atoms with Gasteiger partial charge in [-0.15, -0.1) is 0 Å². The standard InChI is InChI=1S/C12H16F2N2O/c1-7-4-5-8(13)9(10(7)14)11(17)16-6-12(2,3)15/h4-5H,6,15H2,1-3H3,(H,16,17). The van der Waals surface area contributed by atoms with Gasteiger partial charge in [-0.1, -0.05) is 6.07 Å². The lowest BCUT2D eigenvalue weighted by molar-refractivity contribution is 0.0937. The van der Waals surface area contributed by atoms with Crippen LogP contribution in [0.15, 0.2) is 12.1 Å². The second-order valence-corrected chi connectivity index (χ2v) is 4.72. The molecule has 0 spiro atoms. The van der Waals surface area contributed by atoms with E-state index in [0.717, 1.165) is 6.07 Å². The van der Waals surface area contributed by atoms with Crippen LogP contribution in [-0.2, 0) is 0 Å². The topological polar surface area (TPSA) is 55.1 Å². The molecule has 1 aromatic carbocycles. The Balaban J connectivity index is 2.93. The minimum atomic E-state index is -0.875. The highest BCUT2D eigenvalue weighted by Crippen LogP contribution is 2.16. The zero-order valence-corrected chi connectivity index (χ0v) is 10.1. The van der Waals surface area contributed by atoms with Crippen molar-refractivity contribution in [1.82, 2.24) is 5.32 Å². The number of aryl methyl sites for hydroxylation is 1. The SMILES string of the molecule is Cc1ccc(F)c(C(=O)NCC(C)(C)N)c1F. The summed E-state index contributed by atoms with van der Waals surface area (Å²) in [5.41, 5.74) is 4.70. The number of hydrogen-bond acceptors (Lipinski definition) is 2. The number of rotatable bonds is 3. The van der Waals surface area contributed by atoms with Gasteiger partial charge in [0.15, 0.2) is 0 Å². The van der Waals surface area contributed by atoms with Gasteiger partial charge in [0.05, 0.1) is 0 Å². The van der Waals surface area contributed by atoms with E-state index in [-0.39, 0.29) is 12.1 Å². The van der Waals surface area contributed by atoms with Gasteiger partial charge in [0.25, 0.3) is 5.91 Å². The van der Waals surface area contributed by atoms with Crippen LogP contribution in [-0.4, -0.2) is 18.0 Å². The smallest absolute Gasteiger partial charge is 0.257 e. The van der Waals surface area contributed by atoms with E-state index in [1.54, 1.807) is 13.8 Å². The highest BCUT2D eigenvalue weighted by molar-refractivity contribution is 5.95. The van der Waals surface area contributed by atoms with Gasteiger partial charge < -0.3 is 11.1 Å². The minimum absolute atomic E-state index is 0.138. The van der Waals surface area contributed by atoms with E-state index >= 15 is 0 Å². The van der Waals surface area contributed by atoms with Gasteiger partial charge in [-0.3, -0.25) is 4.79 Å². The molecule has 0 aromatic heterocycles. The Labute approximate surface area is 99.0 Å². The van der Waals surface area contributed by atoms with E-state index in [0.29, 0.717) is 0 Å². The van der Waals surface area contributed by atoms with Crippen LogP contribution in [0.3, 0.4) is 0 Å². The van der Waals surface area contributed by atoms with Gasteiger partial charge >= 0.3 is 0 Å². The summed E-state index contributed by atoms with van der Waals surface area (Å²) in [5.74, 6) is -2.50. The van der Waals surface area contributed by atoms with Crippen LogP contribution in [0.5, 0.6) is 0 Å². The van der Waals surface area contributed by atoms with Crippen LogP contribution in [0, 0.1) is 18.6 Å². The third-order valence-electron chi connectivity index (χ3n) is 2.22. The first kappa shape index (κ1) is 13.6. The Hall–Kier alpha value is -1.49. The molecule has 0 saturated heterocycles. The van der Waals surface area contributed by atoms with Gasteiger partial charge in [0.2, 0.25) is 0 Å². The van der Waals surface area contributed by atoms with Crippen molar-refractivity contribution in [2.24, 2.45) is 5.73 Å². The van der Waals surface area contributed by atoms with Gasteiger partial charge in [-0.05, 0) is 32.4 Å². The van der Waals surface area contributed by atoms with Crippen LogP contribution in [0.4, 0.5) is 8.78 Å². The fourth-order valence-corrected chi connectivity index (χ4v) is 1.26. The van der Waals surface area contributed by atoms with E-state index in [1.165, 1.54) is 13.0 Å². The lowest BCUT2D eigenvalue weighted by Crippen LogP contribution is -2.45. The number of nitrogens with two attached hydrogens (primary N) is 1. The van der Waals surface area contributed by atoms with Crippen molar-refractivity contribution in [2.75, 3.05) is 6.54 Å². The first-order valence-electron chi connectivity index (χ1n) is 5.24. The molecule has 5 heteroatoms. The number of nitrogens with one attached hydrogen (secondary N) is 1. The summed E-state index contributed by atoms with van der Waals surface area (Å²) >= 11 is 0. The normalized spacial score (nSPS) is 11.4. The first-order chi connectivity index (χ1) is 7.72. The maximum Gasteiger partial charge on any atom is 0.257 e. The molecule has 0 radical (unpaired) electrons. The van der Waals surface area contributed by atoms with Crippen LogP contribution in [0.25, 0.3) is 0 Å². The molecule has 0 aliphatic rings. The molecule has 0 aliphatic carbocycles. The Morgan fingerprint density at radius 2 is 2.00 bits per heavy atom. The van der Waals surface area contributed by atoms with Crippen molar-refractivity contribution in [3.8, 4) is 0 Å². The second-order valence-electron chi connectivity index (χ2n) is 4.72. The van der Waals surface area contributed by atoms with Crippen LogP contribution in [0.1, 0.15) is 29.8 Å². The number of carbonyl (C=O) groups excluding carboxylic acids is 1. The number of benzene rings is 1. The van der Waals surface area contributed by atoms with E-state index in [1.807, 2.05) is 0 Å². The Kier molecular flexibility index (Phi) is 3.83. The molecule has 0 unspecified atom stereocenters. The molecule has 0 aliphatic heterocycles. The van der Waals surface area contributed by atoms with Crippen LogP contribution >= 0.6 is 0 Å². The third kappa shape index (κ3) is 3.49. The van der Waals surface area contributed by atoms with Crippen molar-refractivity contribution in [2.45, 2.75) is 26.3 Å². The Bertz CT molecular complexity index is 439. The quantitative estimate of drug-likeness (QED) is 0.848. The lowest BCUT2D eigenvalue weighted by atomic mass is 10.1. The largest absolute Gasteiger partial charge is 0.350 e. The molecule has 3 nitrogen and oxygen atoms in total. The van der Waals surface area contributed by atoms with Crippen LogP contribution in [0.2, 0.25) is 0 Å². The van der Waals surface area contributed by atoms with E-state index < -0.39 is 28.6 Å². The second kappa shape index (κ2) is 4.79. The zero-order valence-electron chi connectivity index (χ0n) is 10.1. The van der Waals surface area contributed by atoms with Gasteiger partial charge in [-0.25, -0.2) is 8.78 Å². The lowest BCUT2D eigenvalue weighted by Gasteiger charge is -2.19. The maximum atomic E-state index is 13.6. The van der Waals surface area contributed by atoms with Crippen molar-refractivity contribution in [3.63, 3.8) is 0 Å². The average molecular weight is 242 g/mol. The molecular formula is C12H16F2N2O. The molecular weight excluding hydrogens is 226 g/mol. The fourth-order valence-electron chi connectivity index (χ4n) is 1.26. The number of carbonyl (C=O) groups is 1. The molecule has 1 amide bonds. The molecule has 17 heavy (non-hydrogen) atoms. The van der Waals surface area contributed by atoms with Crippen molar-refractivity contribution in [3.05, 3.63) is 34.9 Å². The molecule has 0 atom stereocenters. The number of amides is 1. The molecule has 1 aromatic rings. The van der Waals surface area contributed by atoms with Gasteiger partial charge in [0.1, 0.15) is 17.2 Å². The zero-order chi connectivity index (χ0) is 13.2. The molecule has 1 rings (SSSR count). The molecule has 94 valence electrons. The van der Waals surface area contributed by atoms with Crippen molar-refractivity contribution in [1.29, 1.82) is 0 Å². The third-order valence-corrected chi connectivity index (χ3v) is 2.22. The summed E-state index contributed by atoms with van der Waals surface area (Å²) in [7, 11) is 0. The summed E-state index contributed by atoms with van der Waals surface area (Å²) in [6.07, 6.45) is 0. The fraction of sp³-hybridized carbons (Fsp3) is 0.417. The van der Waals surface area contributed by atoms with Crippen molar-refractivity contribution < 1.29 is 13.6 Å². The molecule has 0 heterocycles. The summed E-state index contributed by atoms with van der Waals surface area (Å²) in [5, 5.41) is 2.40. The summed E-state index contributed by atoms with van der Waals surface area (Å²) in [6.45, 7) is 5.02. The van der Waals surface area contributed by atoms with E-state index in [4.69, 9.17) is 5.73 Å². The molecule has 3 N–H and O–H groups in total. The number of hydrogen-bond donors (Lipinski definition) is 2. The number of halogens is 2. The van der Waals surface area contributed by atoms with Gasteiger partial charge in [0, 0.05) is 12.1 Å². The molecule has 0 bridgehead atoms. The first-order valence-corrected chi connectivity index (χ1v) is 5.24. The summed E-state index contributed by atoms with van der Waals surface area (Å²) < 4.78 is 27.0. The Morgan fingerprint density at radius 1 is 1.41 bits per heavy atom. The maximum absolute atomic E-state index is 13.6. The predicted octanol–water partition coefficient (Wildman–Crippen LogP) is 1.74. The summed E-state index contributed by atoms with van der Waals surface area (Å²) in [6, 6.07) is 2.36. The molecule has 0 fully saturated rings. The Morgan fingerprint density at radius 3 is 2.53 bits per heavy atom. The highest BCUT2D eigenvalue weighted by Gasteiger charge is 2.20. The average Bonchev–Trinajstić information content (AvgIpc) is 2.20. The predicted molar refractivity (Wildman–Crippen MR) is 61.7 cm³/mol. The van der Waals surface area contributed by atoms with E-state index in [2.05, 4.69) is 5.32 Å². The van der Waals surface area contributed by atoms with Crippen molar-refractivity contribution >= 4 is 5.91 Å².